The normalized spacial score (nSPS) is 12.3. The first kappa shape index (κ1) is 20.1. The number of carbonyl (C=O) groups excluding carboxylic acids is 1. The molecular weight excluding hydrogens is 376 g/mol. The van der Waals surface area contributed by atoms with Gasteiger partial charge in [0.1, 0.15) is 11.8 Å². The minimum atomic E-state index is -3.75. The summed E-state index contributed by atoms with van der Waals surface area (Å²) in [5.41, 5.74) is 1.64. The van der Waals surface area contributed by atoms with E-state index in [1.54, 1.807) is 42.5 Å². The zero-order valence-corrected chi connectivity index (χ0v) is 16.6. The van der Waals surface area contributed by atoms with E-state index >= 15 is 0 Å². The maximum absolute atomic E-state index is 12.7. The lowest BCUT2D eigenvalue weighted by Gasteiger charge is -2.29. The maximum Gasteiger partial charge on any atom is 0.247 e. The monoisotopic (exact) mass is 396 g/mol. The van der Waals surface area contributed by atoms with Gasteiger partial charge in [-0.15, -0.1) is 0 Å². The highest BCUT2D eigenvalue weighted by Crippen LogP contribution is 2.32. The Morgan fingerprint density at radius 3 is 2.50 bits per heavy atom. The van der Waals surface area contributed by atoms with Crippen molar-refractivity contribution in [1.82, 2.24) is 0 Å². The number of amides is 1. The van der Waals surface area contributed by atoms with E-state index in [1.165, 1.54) is 14.0 Å². The Hall–Kier alpha value is -2.25. The summed E-state index contributed by atoms with van der Waals surface area (Å²) in [5, 5.41) is 3.15. The summed E-state index contributed by atoms with van der Waals surface area (Å²) in [5.74, 6) is -0.121. The summed E-state index contributed by atoms with van der Waals surface area (Å²) in [6.45, 7) is 3.35. The number of aryl methyl sites for hydroxylation is 1. The molecular formula is C18H21ClN2O4S. The van der Waals surface area contributed by atoms with Gasteiger partial charge in [0.2, 0.25) is 15.9 Å². The zero-order chi connectivity index (χ0) is 19.5. The van der Waals surface area contributed by atoms with Gasteiger partial charge >= 0.3 is 0 Å². The molecule has 2 aromatic rings. The third-order valence-electron chi connectivity index (χ3n) is 3.75. The summed E-state index contributed by atoms with van der Waals surface area (Å²) >= 11 is 5.92. The van der Waals surface area contributed by atoms with Crippen molar-refractivity contribution in [1.29, 1.82) is 0 Å². The molecule has 26 heavy (non-hydrogen) atoms. The van der Waals surface area contributed by atoms with Gasteiger partial charge in [-0.2, -0.15) is 0 Å². The van der Waals surface area contributed by atoms with Crippen LogP contribution in [0.5, 0.6) is 5.75 Å². The molecule has 0 aliphatic rings. The number of nitrogens with zero attached hydrogens (tertiary/aromatic N) is 1. The molecule has 0 saturated carbocycles. The summed E-state index contributed by atoms with van der Waals surface area (Å²) < 4.78 is 31.2. The third-order valence-corrected chi connectivity index (χ3v) is 5.22. The van der Waals surface area contributed by atoms with Gasteiger partial charge < -0.3 is 10.1 Å². The Balaban J connectivity index is 2.41. The van der Waals surface area contributed by atoms with Gasteiger partial charge in [0, 0.05) is 10.7 Å². The molecule has 140 valence electrons. The van der Waals surface area contributed by atoms with Crippen molar-refractivity contribution >= 4 is 38.9 Å². The van der Waals surface area contributed by atoms with Crippen molar-refractivity contribution in [3.05, 3.63) is 53.1 Å². The number of anilines is 2. The Morgan fingerprint density at radius 1 is 1.23 bits per heavy atom. The first-order valence-electron chi connectivity index (χ1n) is 7.84. The molecule has 6 nitrogen and oxygen atoms in total. The van der Waals surface area contributed by atoms with Gasteiger partial charge in [-0.05, 0) is 49.7 Å². The van der Waals surface area contributed by atoms with E-state index in [2.05, 4.69) is 5.32 Å². The highest BCUT2D eigenvalue weighted by molar-refractivity contribution is 7.92. The van der Waals surface area contributed by atoms with Gasteiger partial charge in [-0.25, -0.2) is 8.42 Å². The smallest absolute Gasteiger partial charge is 0.247 e. The molecule has 1 N–H and O–H groups in total. The molecule has 0 spiro atoms. The minimum absolute atomic E-state index is 0.309. The molecule has 0 radical (unpaired) electrons. The molecule has 1 amide bonds. The highest BCUT2D eigenvalue weighted by atomic mass is 35.5. The zero-order valence-electron chi connectivity index (χ0n) is 15.0. The van der Waals surface area contributed by atoms with Gasteiger partial charge in [0.25, 0.3) is 0 Å². The predicted molar refractivity (Wildman–Crippen MR) is 105 cm³/mol. The van der Waals surface area contributed by atoms with Gasteiger partial charge in [0.15, 0.2) is 0 Å². The maximum atomic E-state index is 12.7. The van der Waals surface area contributed by atoms with Crippen molar-refractivity contribution in [2.75, 3.05) is 23.0 Å². The fourth-order valence-corrected chi connectivity index (χ4v) is 3.93. The van der Waals surface area contributed by atoms with E-state index < -0.39 is 22.0 Å². The molecule has 0 unspecified atom stereocenters. The number of carbonyl (C=O) groups is 1. The summed E-state index contributed by atoms with van der Waals surface area (Å²) in [4.78, 5) is 12.7. The Bertz CT molecular complexity index is 915. The number of nitrogens with one attached hydrogen (secondary N) is 1. The van der Waals surface area contributed by atoms with Crippen molar-refractivity contribution in [3.8, 4) is 5.75 Å². The summed E-state index contributed by atoms with van der Waals surface area (Å²) in [6, 6.07) is 10.8. The fraction of sp³-hybridized carbons (Fsp3) is 0.278. The average molecular weight is 397 g/mol. The predicted octanol–water partition coefficient (Wildman–Crippen LogP) is 3.45. The Labute approximate surface area is 158 Å². The van der Waals surface area contributed by atoms with Crippen LogP contribution in [0.15, 0.2) is 42.5 Å². The van der Waals surface area contributed by atoms with Crippen LogP contribution in [-0.2, 0) is 14.8 Å². The van der Waals surface area contributed by atoms with E-state index in [-0.39, 0.29) is 0 Å². The SMILES string of the molecule is COc1ccc(C)cc1N([C@H](C)C(=O)Nc1cccc(Cl)c1)S(C)(=O)=O. The third kappa shape index (κ3) is 4.68. The first-order chi connectivity index (χ1) is 12.1. The van der Waals surface area contributed by atoms with Crippen LogP contribution in [0.2, 0.25) is 5.02 Å². The average Bonchev–Trinajstić information content (AvgIpc) is 2.54. The number of hydrogen-bond acceptors (Lipinski definition) is 4. The summed E-state index contributed by atoms with van der Waals surface area (Å²) in [7, 11) is -2.30. The molecule has 0 aliphatic heterocycles. The van der Waals surface area contributed by atoms with E-state index in [0.29, 0.717) is 22.1 Å². The molecule has 0 saturated heterocycles. The molecule has 0 fully saturated rings. The lowest BCUT2D eigenvalue weighted by atomic mass is 10.2. The van der Waals surface area contributed by atoms with Crippen molar-refractivity contribution in [2.24, 2.45) is 0 Å². The largest absolute Gasteiger partial charge is 0.495 e. The van der Waals surface area contributed by atoms with Gasteiger partial charge in [-0.3, -0.25) is 9.10 Å². The van der Waals surface area contributed by atoms with Crippen LogP contribution < -0.4 is 14.4 Å². The number of ether oxygens (including phenoxy) is 1. The topological polar surface area (TPSA) is 75.7 Å². The molecule has 0 aromatic heterocycles. The van der Waals surface area contributed by atoms with Crippen LogP contribution in [0.1, 0.15) is 12.5 Å². The Kier molecular flexibility index (Phi) is 6.15. The van der Waals surface area contributed by atoms with Crippen LogP contribution in [0.4, 0.5) is 11.4 Å². The van der Waals surface area contributed by atoms with Crippen molar-refractivity contribution < 1.29 is 17.9 Å². The molecule has 0 bridgehead atoms. The number of sulfonamides is 1. The number of hydrogen-bond donors (Lipinski definition) is 1. The van der Waals surface area contributed by atoms with E-state index in [9.17, 15) is 13.2 Å². The molecule has 8 heteroatoms. The minimum Gasteiger partial charge on any atom is -0.495 e. The van der Waals surface area contributed by atoms with Crippen LogP contribution in [0.3, 0.4) is 0 Å². The van der Waals surface area contributed by atoms with Gasteiger partial charge in [0.05, 0.1) is 19.1 Å². The molecule has 2 rings (SSSR count). The summed E-state index contributed by atoms with van der Waals surface area (Å²) in [6.07, 6.45) is 1.05. The van der Waals surface area contributed by atoms with Crippen LogP contribution in [0, 0.1) is 6.92 Å². The lowest BCUT2D eigenvalue weighted by Crippen LogP contribution is -2.45. The van der Waals surface area contributed by atoms with E-state index in [1.807, 2.05) is 6.92 Å². The number of methoxy groups -OCH3 is 1. The fourth-order valence-electron chi connectivity index (χ4n) is 2.57. The lowest BCUT2D eigenvalue weighted by molar-refractivity contribution is -0.116. The van der Waals surface area contributed by atoms with Crippen LogP contribution in [-0.4, -0.2) is 33.7 Å². The number of benzene rings is 2. The van der Waals surface area contributed by atoms with Crippen molar-refractivity contribution in [2.45, 2.75) is 19.9 Å². The molecule has 2 aromatic carbocycles. The molecule has 0 aliphatic carbocycles. The highest BCUT2D eigenvalue weighted by Gasteiger charge is 2.31. The number of rotatable bonds is 6. The standard InChI is InChI=1S/C18H21ClN2O4S/c1-12-8-9-17(25-3)16(10-12)21(26(4,23)24)13(2)18(22)20-15-7-5-6-14(19)11-15/h5-11,13H,1-4H3,(H,20,22)/t13-/m1/s1. The van der Waals surface area contributed by atoms with E-state index in [0.717, 1.165) is 16.1 Å². The quantitative estimate of drug-likeness (QED) is 0.811. The second-order valence-electron chi connectivity index (χ2n) is 5.91. The van der Waals surface area contributed by atoms with Gasteiger partial charge in [-0.1, -0.05) is 23.7 Å². The van der Waals surface area contributed by atoms with Crippen LogP contribution >= 0.6 is 11.6 Å². The van der Waals surface area contributed by atoms with Crippen LogP contribution in [0.25, 0.3) is 0 Å². The Morgan fingerprint density at radius 2 is 1.92 bits per heavy atom. The number of halogens is 1. The second-order valence-corrected chi connectivity index (χ2v) is 8.21. The molecule has 0 heterocycles. The van der Waals surface area contributed by atoms with E-state index in [4.69, 9.17) is 16.3 Å². The molecule has 1 atom stereocenters. The second kappa shape index (κ2) is 7.97. The van der Waals surface area contributed by atoms with Crippen molar-refractivity contribution in [3.63, 3.8) is 0 Å². The first-order valence-corrected chi connectivity index (χ1v) is 10.1.